The Kier molecular flexibility index (Phi) is 12.3. The lowest BCUT2D eigenvalue weighted by molar-refractivity contribution is -0.104. The maximum Gasteiger partial charge on any atom is 0.472 e. The van der Waals surface area contributed by atoms with E-state index in [1.807, 2.05) is 43.5 Å². The van der Waals surface area contributed by atoms with Gasteiger partial charge in [0.15, 0.2) is 0 Å². The van der Waals surface area contributed by atoms with Crippen molar-refractivity contribution in [3.8, 4) is 0 Å². The van der Waals surface area contributed by atoms with Crippen molar-refractivity contribution in [2.45, 2.75) is 32.3 Å². The topological polar surface area (TPSA) is 115 Å². The molecule has 1 N–H and O–H groups in total. The van der Waals surface area contributed by atoms with E-state index in [-0.39, 0.29) is 25.9 Å². The van der Waals surface area contributed by atoms with Crippen molar-refractivity contribution in [2.75, 3.05) is 39.0 Å². The highest BCUT2D eigenvalue weighted by Crippen LogP contribution is 2.44. The molecule has 190 valence electrons. The van der Waals surface area contributed by atoms with Crippen LogP contribution in [0.15, 0.2) is 42.6 Å². The molecule has 2 rings (SSSR count). The van der Waals surface area contributed by atoms with Crippen molar-refractivity contribution >= 4 is 31.9 Å². The Labute approximate surface area is 204 Å². The number of allylic oxidation sites excluding steroid dienone is 1. The Morgan fingerprint density at radius 2 is 2.06 bits per heavy atom. The van der Waals surface area contributed by atoms with Crippen LogP contribution >= 0.6 is 19.6 Å². The number of phosphoric acid groups is 1. The van der Waals surface area contributed by atoms with Crippen molar-refractivity contribution in [1.29, 1.82) is 0 Å². The number of ether oxygens (including phenoxy) is 2. The fourth-order valence-corrected chi connectivity index (χ4v) is 4.45. The van der Waals surface area contributed by atoms with E-state index in [9.17, 15) is 19.0 Å². The quantitative estimate of drug-likeness (QED) is 0.130. The minimum atomic E-state index is -4.19. The van der Waals surface area contributed by atoms with Gasteiger partial charge in [-0.15, -0.1) is 0 Å². The zero-order chi connectivity index (χ0) is 25.0. The largest absolute Gasteiger partial charge is 0.472 e. The molecule has 34 heavy (non-hydrogen) atoms. The van der Waals surface area contributed by atoms with Gasteiger partial charge >= 0.3 is 13.9 Å². The highest BCUT2D eigenvalue weighted by atomic mass is 32.2. The molecule has 0 aliphatic carbocycles. The fraction of sp³-hybridized carbons (Fsp3) is 0.545. The van der Waals surface area contributed by atoms with Gasteiger partial charge in [0.05, 0.1) is 25.9 Å². The van der Waals surface area contributed by atoms with Crippen LogP contribution in [0.5, 0.6) is 0 Å². The first kappa shape index (κ1) is 28.5. The number of rotatable bonds is 14. The second-order valence-corrected chi connectivity index (χ2v) is 10.2. The SMILES string of the molecule is CSCCOP(=O)(O)OCC1CC(C)C(N(/C=C\C=O)C(=O)N(C)COCc2ccccc2)O1. The lowest BCUT2D eigenvalue weighted by atomic mass is 10.1. The monoisotopic (exact) mass is 516 g/mol. The van der Waals surface area contributed by atoms with E-state index in [0.29, 0.717) is 25.1 Å². The van der Waals surface area contributed by atoms with Crippen molar-refractivity contribution < 1.29 is 37.6 Å². The van der Waals surface area contributed by atoms with Gasteiger partial charge < -0.3 is 19.3 Å². The first-order chi connectivity index (χ1) is 16.3. The molecule has 1 heterocycles. The van der Waals surface area contributed by atoms with Crippen LogP contribution in [-0.2, 0) is 34.5 Å². The zero-order valence-corrected chi connectivity index (χ0v) is 21.4. The average molecular weight is 517 g/mol. The first-order valence-electron chi connectivity index (χ1n) is 10.8. The molecular weight excluding hydrogens is 483 g/mol. The molecule has 1 aromatic carbocycles. The van der Waals surface area contributed by atoms with Gasteiger partial charge in [0.25, 0.3) is 0 Å². The molecule has 2 amide bonds. The summed E-state index contributed by atoms with van der Waals surface area (Å²) in [5.41, 5.74) is 0.982. The van der Waals surface area contributed by atoms with Crippen LogP contribution in [0.2, 0.25) is 0 Å². The van der Waals surface area contributed by atoms with Crippen LogP contribution in [0.4, 0.5) is 4.79 Å². The highest BCUT2D eigenvalue weighted by molar-refractivity contribution is 7.98. The van der Waals surface area contributed by atoms with E-state index in [1.165, 1.54) is 33.8 Å². The third-order valence-electron chi connectivity index (χ3n) is 4.96. The van der Waals surface area contributed by atoms with Crippen LogP contribution in [-0.4, -0.2) is 78.3 Å². The number of phosphoric ester groups is 1. The molecule has 4 unspecified atom stereocenters. The molecule has 1 fully saturated rings. The predicted molar refractivity (Wildman–Crippen MR) is 129 cm³/mol. The van der Waals surface area contributed by atoms with Crippen LogP contribution in [0.3, 0.4) is 0 Å². The second kappa shape index (κ2) is 14.6. The smallest absolute Gasteiger partial charge is 0.356 e. The fourth-order valence-electron chi connectivity index (χ4n) is 3.33. The van der Waals surface area contributed by atoms with Gasteiger partial charge in [-0.2, -0.15) is 11.8 Å². The number of hydrogen-bond acceptors (Lipinski definition) is 8. The third kappa shape index (κ3) is 9.50. The van der Waals surface area contributed by atoms with Gasteiger partial charge in [-0.1, -0.05) is 37.3 Å². The number of urea groups is 1. The Balaban J connectivity index is 1.93. The van der Waals surface area contributed by atoms with Gasteiger partial charge in [-0.25, -0.2) is 9.36 Å². The number of aldehydes is 1. The number of benzene rings is 1. The summed E-state index contributed by atoms with van der Waals surface area (Å²) < 4.78 is 33.5. The molecule has 0 spiro atoms. The molecule has 0 bridgehead atoms. The Morgan fingerprint density at radius 1 is 1.32 bits per heavy atom. The minimum absolute atomic E-state index is 0.0356. The molecule has 12 heteroatoms. The van der Waals surface area contributed by atoms with Crippen LogP contribution in [0.1, 0.15) is 18.9 Å². The van der Waals surface area contributed by atoms with Gasteiger partial charge in [-0.3, -0.25) is 18.7 Å². The molecule has 0 aromatic heterocycles. The lowest BCUT2D eigenvalue weighted by Gasteiger charge is -2.31. The zero-order valence-electron chi connectivity index (χ0n) is 19.6. The molecule has 1 saturated heterocycles. The summed E-state index contributed by atoms with van der Waals surface area (Å²) >= 11 is 1.49. The summed E-state index contributed by atoms with van der Waals surface area (Å²) in [5.74, 6) is 0.443. The number of carbonyl (C=O) groups is 2. The number of thioether (sulfide) groups is 1. The maximum atomic E-state index is 13.1. The summed E-state index contributed by atoms with van der Waals surface area (Å²) in [6.07, 6.45) is 4.27. The molecule has 1 aliphatic rings. The van der Waals surface area contributed by atoms with Gasteiger partial charge in [-0.05, 0) is 24.3 Å². The molecule has 1 aromatic rings. The maximum absolute atomic E-state index is 13.1. The highest BCUT2D eigenvalue weighted by Gasteiger charge is 2.39. The predicted octanol–water partition coefficient (Wildman–Crippen LogP) is 3.47. The number of amides is 2. The Hall–Kier alpha value is -1.72. The van der Waals surface area contributed by atoms with E-state index < -0.39 is 26.2 Å². The molecule has 1 aliphatic heterocycles. The summed E-state index contributed by atoms with van der Waals surface area (Å²) in [5, 5.41) is 0. The van der Waals surface area contributed by atoms with E-state index in [1.54, 1.807) is 7.05 Å². The van der Waals surface area contributed by atoms with Crippen LogP contribution < -0.4 is 0 Å². The van der Waals surface area contributed by atoms with Gasteiger partial charge in [0, 0.05) is 24.9 Å². The number of carbonyl (C=O) groups excluding carboxylic acids is 2. The number of nitrogens with zero attached hydrogens (tertiary/aromatic N) is 2. The van der Waals surface area contributed by atoms with E-state index in [0.717, 1.165) is 5.56 Å². The van der Waals surface area contributed by atoms with Crippen molar-refractivity contribution in [3.05, 3.63) is 48.2 Å². The summed E-state index contributed by atoms with van der Waals surface area (Å²) in [6, 6.07) is 9.16. The second-order valence-electron chi connectivity index (χ2n) is 7.78. The lowest BCUT2D eigenvalue weighted by Crippen LogP contribution is -2.46. The van der Waals surface area contributed by atoms with Crippen molar-refractivity contribution in [3.63, 3.8) is 0 Å². The standard InChI is InChI=1S/C22H33N2O8PS/c1-18-14-20(16-31-33(27,28)30-12-13-34-3)32-21(18)24(10-7-11-25)22(26)23(2)17-29-15-19-8-5-4-6-9-19/h4-11,18,20-21H,12-17H2,1-3H3,(H,27,28)/b10-7-. The summed E-state index contributed by atoms with van der Waals surface area (Å²) in [6.45, 7) is 2.20. The van der Waals surface area contributed by atoms with Crippen LogP contribution in [0, 0.1) is 5.92 Å². The van der Waals surface area contributed by atoms with Crippen molar-refractivity contribution in [2.24, 2.45) is 5.92 Å². The molecule has 0 saturated carbocycles. The first-order valence-corrected chi connectivity index (χ1v) is 13.7. The van der Waals surface area contributed by atoms with Crippen LogP contribution in [0.25, 0.3) is 0 Å². The molecule has 0 radical (unpaired) electrons. The molecular formula is C22H33N2O8PS. The molecule has 10 nitrogen and oxygen atoms in total. The van der Waals surface area contributed by atoms with E-state index >= 15 is 0 Å². The van der Waals surface area contributed by atoms with Crippen molar-refractivity contribution in [1.82, 2.24) is 9.80 Å². The minimum Gasteiger partial charge on any atom is -0.356 e. The number of hydrogen-bond donors (Lipinski definition) is 1. The molecule has 4 atom stereocenters. The summed E-state index contributed by atoms with van der Waals surface area (Å²) in [7, 11) is -2.60. The van der Waals surface area contributed by atoms with E-state index in [4.69, 9.17) is 18.5 Å². The third-order valence-corrected chi connectivity index (χ3v) is 6.52. The summed E-state index contributed by atoms with van der Waals surface area (Å²) in [4.78, 5) is 36.5. The average Bonchev–Trinajstić information content (AvgIpc) is 3.19. The van der Waals surface area contributed by atoms with Gasteiger partial charge in [0.2, 0.25) is 0 Å². The Morgan fingerprint density at radius 3 is 2.74 bits per heavy atom. The van der Waals surface area contributed by atoms with Gasteiger partial charge in [0.1, 0.15) is 19.2 Å². The van der Waals surface area contributed by atoms with E-state index in [2.05, 4.69) is 0 Å². The Bertz CT molecular complexity index is 843. The normalized spacial score (nSPS) is 21.9.